The molecule has 2 saturated heterocycles. The Bertz CT molecular complexity index is 552. The number of rotatable bonds is 4. The maximum atomic E-state index is 11.7. The quantitative estimate of drug-likeness (QED) is 0.866. The minimum atomic E-state index is 0.0690. The lowest BCUT2D eigenvalue weighted by Crippen LogP contribution is -2.60. The van der Waals surface area contributed by atoms with Gasteiger partial charge < -0.3 is 9.84 Å². The van der Waals surface area contributed by atoms with Gasteiger partial charge in [0.05, 0.1) is 12.3 Å². The number of hydrogen-bond acceptors (Lipinski definition) is 7. The van der Waals surface area contributed by atoms with Crippen LogP contribution in [-0.2, 0) is 17.1 Å². The molecule has 0 aliphatic carbocycles. The van der Waals surface area contributed by atoms with Crippen LogP contribution in [0.2, 0.25) is 0 Å². The first kappa shape index (κ1) is 16.7. The number of carbonyl (C=O) groups excluding carboxylic acids is 1. The van der Waals surface area contributed by atoms with Gasteiger partial charge in [-0.2, -0.15) is 16.7 Å². The smallest absolute Gasteiger partial charge is 0.240 e. The van der Waals surface area contributed by atoms with Crippen molar-refractivity contribution in [2.24, 2.45) is 0 Å². The molecule has 1 aromatic rings. The summed E-state index contributed by atoms with van der Waals surface area (Å²) in [6, 6.07) is 0. The third kappa shape index (κ3) is 3.87. The molecule has 128 valence electrons. The van der Waals surface area contributed by atoms with E-state index in [0.29, 0.717) is 18.9 Å². The molecule has 3 rings (SSSR count). The molecule has 1 amide bonds. The van der Waals surface area contributed by atoms with Crippen molar-refractivity contribution in [1.29, 1.82) is 0 Å². The molecule has 2 aliphatic heterocycles. The highest BCUT2D eigenvalue weighted by molar-refractivity contribution is 7.97. The predicted molar refractivity (Wildman–Crippen MR) is 89.0 cm³/mol. The van der Waals surface area contributed by atoms with Gasteiger partial charge in [0.2, 0.25) is 11.8 Å². The van der Waals surface area contributed by atoms with Gasteiger partial charge in [-0.1, -0.05) is 5.16 Å². The van der Waals surface area contributed by atoms with Crippen LogP contribution in [0.25, 0.3) is 0 Å². The topological polar surface area (TPSA) is 74.5 Å². The van der Waals surface area contributed by atoms with E-state index in [4.69, 9.17) is 4.52 Å². The first-order chi connectivity index (χ1) is 11.1. The lowest BCUT2D eigenvalue weighted by molar-refractivity contribution is -0.121. The number of hydrogen-bond donors (Lipinski definition) is 1. The Morgan fingerprint density at radius 2 is 2.26 bits per heavy atom. The Labute approximate surface area is 141 Å². The molecule has 2 aliphatic rings. The maximum absolute atomic E-state index is 11.7. The van der Waals surface area contributed by atoms with Crippen LogP contribution >= 0.6 is 11.8 Å². The van der Waals surface area contributed by atoms with Crippen molar-refractivity contribution in [3.63, 3.8) is 0 Å². The fraction of sp³-hybridized carbons (Fsp3) is 0.800. The molecular formula is C15H25N5O2S. The normalized spacial score (nSPS) is 27.1. The molecule has 1 unspecified atom stereocenters. The molecule has 3 heterocycles. The molecule has 7 nitrogen and oxygen atoms in total. The predicted octanol–water partition coefficient (Wildman–Crippen LogP) is 0.719. The van der Waals surface area contributed by atoms with Gasteiger partial charge in [-0.25, -0.2) is 0 Å². The zero-order chi connectivity index (χ0) is 16.3. The van der Waals surface area contributed by atoms with Gasteiger partial charge in [-0.15, -0.1) is 0 Å². The minimum absolute atomic E-state index is 0.0690. The van der Waals surface area contributed by atoms with Crippen molar-refractivity contribution in [1.82, 2.24) is 25.3 Å². The van der Waals surface area contributed by atoms with Crippen LogP contribution in [0.3, 0.4) is 0 Å². The van der Waals surface area contributed by atoms with Crippen molar-refractivity contribution in [2.75, 3.05) is 39.5 Å². The van der Waals surface area contributed by atoms with E-state index in [0.717, 1.165) is 50.6 Å². The van der Waals surface area contributed by atoms with Crippen molar-refractivity contribution >= 4 is 17.7 Å². The fourth-order valence-electron chi connectivity index (χ4n) is 3.55. The molecule has 0 bridgehead atoms. The van der Waals surface area contributed by atoms with Crippen molar-refractivity contribution in [3.05, 3.63) is 11.7 Å². The molecular weight excluding hydrogens is 314 g/mol. The van der Waals surface area contributed by atoms with Crippen LogP contribution in [-0.4, -0.2) is 70.9 Å². The monoisotopic (exact) mass is 339 g/mol. The molecule has 0 aromatic carbocycles. The third-order valence-corrected chi connectivity index (χ3v) is 5.50. The van der Waals surface area contributed by atoms with E-state index in [1.54, 1.807) is 11.8 Å². The highest BCUT2D eigenvalue weighted by Crippen LogP contribution is 2.30. The molecule has 2 fully saturated rings. The second-order valence-corrected chi connectivity index (χ2v) is 7.36. The van der Waals surface area contributed by atoms with Crippen LogP contribution in [0.15, 0.2) is 4.52 Å². The number of piperazine rings is 1. The number of nitrogens with one attached hydrogen (secondary N) is 1. The van der Waals surface area contributed by atoms with E-state index in [9.17, 15) is 4.79 Å². The molecule has 1 atom stereocenters. The Morgan fingerprint density at radius 1 is 1.39 bits per heavy atom. The molecule has 1 aromatic heterocycles. The second-order valence-electron chi connectivity index (χ2n) is 6.49. The lowest BCUT2D eigenvalue weighted by Gasteiger charge is -2.49. The highest BCUT2D eigenvalue weighted by atomic mass is 32.2. The average molecular weight is 339 g/mol. The van der Waals surface area contributed by atoms with E-state index in [2.05, 4.69) is 32.3 Å². The van der Waals surface area contributed by atoms with Gasteiger partial charge in [0.25, 0.3) is 0 Å². The summed E-state index contributed by atoms with van der Waals surface area (Å²) in [6.45, 7) is 4.38. The Kier molecular flexibility index (Phi) is 5.23. The van der Waals surface area contributed by atoms with Gasteiger partial charge in [0.1, 0.15) is 0 Å². The van der Waals surface area contributed by atoms with E-state index in [1.165, 1.54) is 0 Å². The number of carbonyl (C=O) groups is 1. The SMILES string of the molecule is CSCc1noc(CN2CCN(C)C3(CCNC(=O)CC3)C2)n1. The number of amides is 1. The van der Waals surface area contributed by atoms with Gasteiger partial charge in [0, 0.05) is 38.1 Å². The number of thioether (sulfide) groups is 1. The third-order valence-electron chi connectivity index (χ3n) is 4.95. The summed E-state index contributed by atoms with van der Waals surface area (Å²) in [5.41, 5.74) is 0.0690. The van der Waals surface area contributed by atoms with E-state index < -0.39 is 0 Å². The summed E-state index contributed by atoms with van der Waals surface area (Å²) >= 11 is 1.69. The van der Waals surface area contributed by atoms with Gasteiger partial charge >= 0.3 is 0 Å². The van der Waals surface area contributed by atoms with E-state index >= 15 is 0 Å². The molecule has 1 N–H and O–H groups in total. The van der Waals surface area contributed by atoms with Gasteiger partial charge in [-0.05, 0) is 26.1 Å². The van der Waals surface area contributed by atoms with E-state index in [-0.39, 0.29) is 11.4 Å². The Morgan fingerprint density at radius 3 is 3.09 bits per heavy atom. The molecule has 23 heavy (non-hydrogen) atoms. The van der Waals surface area contributed by atoms with Crippen molar-refractivity contribution in [2.45, 2.75) is 37.1 Å². The van der Waals surface area contributed by atoms with Gasteiger partial charge in [-0.3, -0.25) is 14.6 Å². The zero-order valence-corrected chi connectivity index (χ0v) is 14.7. The molecule has 8 heteroatoms. The van der Waals surface area contributed by atoms with Crippen molar-refractivity contribution in [3.8, 4) is 0 Å². The fourth-order valence-corrected chi connectivity index (χ4v) is 3.92. The number of likely N-dealkylation sites (N-methyl/N-ethyl adjacent to an activating group) is 1. The van der Waals surface area contributed by atoms with Crippen LogP contribution < -0.4 is 5.32 Å². The Balaban J connectivity index is 1.65. The first-order valence-electron chi connectivity index (χ1n) is 8.12. The summed E-state index contributed by atoms with van der Waals surface area (Å²) in [7, 11) is 2.18. The molecule has 0 radical (unpaired) electrons. The zero-order valence-electron chi connectivity index (χ0n) is 13.9. The standard InChI is InChI=1S/C15H25N5O2S/c1-19-7-8-20(9-14-17-12(10-23-2)18-22-14)11-15(19)4-3-13(21)16-6-5-15/h3-11H2,1-2H3,(H,16,21). The molecule has 1 spiro atoms. The van der Waals surface area contributed by atoms with Crippen LogP contribution in [0.5, 0.6) is 0 Å². The lowest BCUT2D eigenvalue weighted by atomic mass is 9.86. The van der Waals surface area contributed by atoms with Crippen LogP contribution in [0, 0.1) is 0 Å². The maximum Gasteiger partial charge on any atom is 0.240 e. The summed E-state index contributed by atoms with van der Waals surface area (Å²) in [6.07, 6.45) is 4.54. The minimum Gasteiger partial charge on any atom is -0.356 e. The van der Waals surface area contributed by atoms with E-state index in [1.807, 2.05) is 6.26 Å². The molecule has 0 saturated carbocycles. The second kappa shape index (κ2) is 7.19. The van der Waals surface area contributed by atoms with Crippen LogP contribution in [0.4, 0.5) is 0 Å². The summed E-state index contributed by atoms with van der Waals surface area (Å²) in [4.78, 5) is 20.9. The Hall–Kier alpha value is -1.12. The largest absolute Gasteiger partial charge is 0.356 e. The summed E-state index contributed by atoms with van der Waals surface area (Å²) in [5, 5.41) is 7.01. The number of aromatic nitrogens is 2. The summed E-state index contributed by atoms with van der Waals surface area (Å²) in [5.74, 6) is 2.41. The summed E-state index contributed by atoms with van der Waals surface area (Å²) < 4.78 is 5.37. The van der Waals surface area contributed by atoms with Crippen molar-refractivity contribution < 1.29 is 9.32 Å². The highest BCUT2D eigenvalue weighted by Gasteiger charge is 2.41. The van der Waals surface area contributed by atoms with Gasteiger partial charge in [0.15, 0.2) is 5.82 Å². The first-order valence-corrected chi connectivity index (χ1v) is 9.51. The number of nitrogens with zero attached hydrogens (tertiary/aromatic N) is 4. The average Bonchev–Trinajstić information content (AvgIpc) is 2.87. The van der Waals surface area contributed by atoms with Crippen LogP contribution in [0.1, 0.15) is 31.0 Å².